The molecule has 1 rings (SSSR count). The van der Waals surface area contributed by atoms with Crippen molar-refractivity contribution in [2.75, 3.05) is 23.9 Å². The van der Waals surface area contributed by atoms with Gasteiger partial charge in [0.1, 0.15) is 5.82 Å². The molecule has 2 atom stereocenters. The number of amides is 1. The van der Waals surface area contributed by atoms with E-state index in [0.717, 1.165) is 0 Å². The first-order chi connectivity index (χ1) is 8.47. The molecule has 2 N–H and O–H groups in total. The van der Waals surface area contributed by atoms with E-state index in [1.807, 2.05) is 6.92 Å². The van der Waals surface area contributed by atoms with E-state index in [2.05, 4.69) is 10.6 Å². The predicted molar refractivity (Wildman–Crippen MR) is 71.4 cm³/mol. The smallest absolute Gasteiger partial charge is 0.238 e. The first kappa shape index (κ1) is 14.8. The van der Waals surface area contributed by atoms with Crippen LogP contribution < -0.4 is 10.6 Å². The standard InChI is InChI=1S/C12H17FN2O2S/c1-9(8-18(2)17)14-7-12(16)15-11-5-3-4-10(13)6-11/h3-6,9,14H,7-8H2,1-2H3,(H,15,16). The maximum absolute atomic E-state index is 12.9. The normalized spacial score (nSPS) is 13.9. The maximum Gasteiger partial charge on any atom is 0.238 e. The molecule has 1 aromatic carbocycles. The molecule has 0 radical (unpaired) electrons. The zero-order chi connectivity index (χ0) is 13.5. The topological polar surface area (TPSA) is 58.2 Å². The fourth-order valence-corrected chi connectivity index (χ4v) is 2.27. The third-order valence-corrected chi connectivity index (χ3v) is 3.17. The van der Waals surface area contributed by atoms with Crippen LogP contribution in [0.1, 0.15) is 6.92 Å². The summed E-state index contributed by atoms with van der Waals surface area (Å²) >= 11 is 0. The Labute approximate surface area is 108 Å². The highest BCUT2D eigenvalue weighted by Crippen LogP contribution is 2.08. The fourth-order valence-electron chi connectivity index (χ4n) is 1.45. The van der Waals surface area contributed by atoms with Crippen LogP contribution in [0, 0.1) is 5.82 Å². The molecule has 0 heterocycles. The summed E-state index contributed by atoms with van der Waals surface area (Å²) in [4.78, 5) is 11.5. The molecule has 0 bridgehead atoms. The van der Waals surface area contributed by atoms with Gasteiger partial charge in [-0.1, -0.05) is 6.07 Å². The summed E-state index contributed by atoms with van der Waals surface area (Å²) in [6.07, 6.45) is 1.62. The largest absolute Gasteiger partial charge is 0.325 e. The van der Waals surface area contributed by atoms with Gasteiger partial charge in [0.05, 0.1) is 6.54 Å². The van der Waals surface area contributed by atoms with Gasteiger partial charge in [0, 0.05) is 34.5 Å². The van der Waals surface area contributed by atoms with E-state index in [1.165, 1.54) is 18.2 Å². The third-order valence-electron chi connectivity index (χ3n) is 2.20. The molecule has 0 aliphatic carbocycles. The Morgan fingerprint density at radius 2 is 2.22 bits per heavy atom. The first-order valence-electron chi connectivity index (χ1n) is 5.56. The summed E-state index contributed by atoms with van der Waals surface area (Å²) in [6, 6.07) is 5.70. The van der Waals surface area contributed by atoms with E-state index in [9.17, 15) is 13.4 Å². The number of nitrogens with one attached hydrogen (secondary N) is 2. The minimum atomic E-state index is -0.895. The van der Waals surface area contributed by atoms with Crippen LogP contribution in [0.4, 0.5) is 10.1 Å². The van der Waals surface area contributed by atoms with E-state index in [1.54, 1.807) is 12.3 Å². The zero-order valence-electron chi connectivity index (χ0n) is 10.4. The van der Waals surface area contributed by atoms with Gasteiger partial charge in [-0.3, -0.25) is 9.00 Å². The molecule has 1 amide bonds. The maximum atomic E-state index is 12.9. The molecule has 6 heteroatoms. The van der Waals surface area contributed by atoms with Gasteiger partial charge >= 0.3 is 0 Å². The Hall–Kier alpha value is -1.27. The molecule has 0 fully saturated rings. The lowest BCUT2D eigenvalue weighted by Gasteiger charge is -2.12. The molecule has 0 saturated heterocycles. The lowest BCUT2D eigenvalue weighted by Crippen LogP contribution is -2.37. The van der Waals surface area contributed by atoms with Crippen LogP contribution in [-0.2, 0) is 15.6 Å². The van der Waals surface area contributed by atoms with Crippen LogP contribution >= 0.6 is 0 Å². The molecule has 0 saturated carbocycles. The summed E-state index contributed by atoms with van der Waals surface area (Å²) in [5, 5.41) is 5.52. The number of benzene rings is 1. The Morgan fingerprint density at radius 1 is 1.50 bits per heavy atom. The summed E-state index contributed by atoms with van der Waals surface area (Å²) in [5.41, 5.74) is 0.425. The number of carbonyl (C=O) groups excluding carboxylic acids is 1. The minimum Gasteiger partial charge on any atom is -0.325 e. The van der Waals surface area contributed by atoms with Gasteiger partial charge in [0.2, 0.25) is 5.91 Å². The Bertz CT molecular complexity index is 440. The van der Waals surface area contributed by atoms with E-state index >= 15 is 0 Å². The van der Waals surface area contributed by atoms with Gasteiger partial charge < -0.3 is 10.6 Å². The number of hydrogen-bond donors (Lipinski definition) is 2. The number of carbonyl (C=O) groups is 1. The van der Waals surface area contributed by atoms with E-state index < -0.39 is 16.6 Å². The average molecular weight is 272 g/mol. The highest BCUT2D eigenvalue weighted by Gasteiger charge is 2.07. The highest BCUT2D eigenvalue weighted by molar-refractivity contribution is 7.84. The van der Waals surface area contributed by atoms with Crippen molar-refractivity contribution >= 4 is 22.4 Å². The van der Waals surface area contributed by atoms with Crippen molar-refractivity contribution in [3.05, 3.63) is 30.1 Å². The minimum absolute atomic E-state index is 0.00547. The third kappa shape index (κ3) is 5.88. The second-order valence-electron chi connectivity index (χ2n) is 4.08. The van der Waals surface area contributed by atoms with Crippen molar-refractivity contribution in [3.63, 3.8) is 0 Å². The lowest BCUT2D eigenvalue weighted by molar-refractivity contribution is -0.115. The molecular formula is C12H17FN2O2S. The van der Waals surface area contributed by atoms with Crippen LogP contribution in [0.3, 0.4) is 0 Å². The second-order valence-corrected chi connectivity index (χ2v) is 5.56. The first-order valence-corrected chi connectivity index (χ1v) is 7.29. The summed E-state index contributed by atoms with van der Waals surface area (Å²) < 4.78 is 23.8. The molecule has 0 spiro atoms. The zero-order valence-corrected chi connectivity index (χ0v) is 11.2. The van der Waals surface area contributed by atoms with Crippen LogP contribution in [0.2, 0.25) is 0 Å². The summed E-state index contributed by atoms with van der Waals surface area (Å²) in [6.45, 7) is 1.96. The number of anilines is 1. The molecule has 18 heavy (non-hydrogen) atoms. The molecule has 0 aliphatic heterocycles. The Balaban J connectivity index is 2.36. The quantitative estimate of drug-likeness (QED) is 0.816. The molecule has 1 aromatic rings. The molecular weight excluding hydrogens is 255 g/mol. The van der Waals surface area contributed by atoms with E-state index in [0.29, 0.717) is 11.4 Å². The molecule has 2 unspecified atom stereocenters. The number of hydrogen-bond acceptors (Lipinski definition) is 3. The summed E-state index contributed by atoms with van der Waals surface area (Å²) in [7, 11) is -0.895. The van der Waals surface area contributed by atoms with Gasteiger partial charge in [-0.2, -0.15) is 0 Å². The van der Waals surface area contributed by atoms with Crippen molar-refractivity contribution < 1.29 is 13.4 Å². The van der Waals surface area contributed by atoms with Crippen LogP contribution in [-0.4, -0.2) is 34.7 Å². The van der Waals surface area contributed by atoms with Gasteiger partial charge in [-0.25, -0.2) is 4.39 Å². The van der Waals surface area contributed by atoms with Crippen molar-refractivity contribution in [2.45, 2.75) is 13.0 Å². The van der Waals surface area contributed by atoms with Gasteiger partial charge in [0.15, 0.2) is 0 Å². The van der Waals surface area contributed by atoms with Gasteiger partial charge in [-0.05, 0) is 25.1 Å². The monoisotopic (exact) mass is 272 g/mol. The Morgan fingerprint density at radius 3 is 2.83 bits per heavy atom. The predicted octanol–water partition coefficient (Wildman–Crippen LogP) is 1.12. The molecule has 100 valence electrons. The van der Waals surface area contributed by atoms with Crippen molar-refractivity contribution in [2.24, 2.45) is 0 Å². The second kappa shape index (κ2) is 7.23. The van der Waals surface area contributed by atoms with Crippen molar-refractivity contribution in [3.8, 4) is 0 Å². The molecule has 0 aromatic heterocycles. The van der Waals surface area contributed by atoms with Crippen LogP contribution in [0.25, 0.3) is 0 Å². The lowest BCUT2D eigenvalue weighted by atomic mass is 10.3. The van der Waals surface area contributed by atoms with Crippen molar-refractivity contribution in [1.29, 1.82) is 0 Å². The van der Waals surface area contributed by atoms with E-state index in [-0.39, 0.29) is 18.5 Å². The Kier molecular flexibility index (Phi) is 5.94. The van der Waals surface area contributed by atoms with Crippen molar-refractivity contribution in [1.82, 2.24) is 5.32 Å². The SMILES string of the molecule is CC(CS(C)=O)NCC(=O)Nc1cccc(F)c1. The average Bonchev–Trinajstić information content (AvgIpc) is 2.25. The highest BCUT2D eigenvalue weighted by atomic mass is 32.2. The molecule has 0 aliphatic rings. The molecule has 4 nitrogen and oxygen atoms in total. The van der Waals surface area contributed by atoms with E-state index in [4.69, 9.17) is 0 Å². The fraction of sp³-hybridized carbons (Fsp3) is 0.417. The van der Waals surface area contributed by atoms with Gasteiger partial charge in [0.25, 0.3) is 0 Å². The van der Waals surface area contributed by atoms with Gasteiger partial charge in [-0.15, -0.1) is 0 Å². The van der Waals surface area contributed by atoms with Crippen LogP contribution in [0.5, 0.6) is 0 Å². The summed E-state index contributed by atoms with van der Waals surface area (Å²) in [5.74, 6) is -0.155. The number of rotatable bonds is 6. The van der Waals surface area contributed by atoms with Crippen LogP contribution in [0.15, 0.2) is 24.3 Å². The number of halogens is 1.